The second-order valence-electron chi connectivity index (χ2n) is 5.50. The van der Waals surface area contributed by atoms with Crippen LogP contribution in [0.3, 0.4) is 0 Å². The molecule has 7 nitrogen and oxygen atoms in total. The molecule has 0 fully saturated rings. The Balaban J connectivity index is 1.62. The molecule has 1 aromatic carbocycles. The van der Waals surface area contributed by atoms with Gasteiger partial charge in [-0.25, -0.2) is 0 Å². The highest BCUT2D eigenvalue weighted by Crippen LogP contribution is 2.31. The van der Waals surface area contributed by atoms with Crippen molar-refractivity contribution in [1.29, 1.82) is 0 Å². The van der Waals surface area contributed by atoms with Crippen LogP contribution in [0.5, 0.6) is 0 Å². The van der Waals surface area contributed by atoms with Gasteiger partial charge in [-0.2, -0.15) is 13.9 Å². The fourth-order valence-corrected chi connectivity index (χ4v) is 3.01. The van der Waals surface area contributed by atoms with E-state index in [2.05, 4.69) is 25.8 Å². The van der Waals surface area contributed by atoms with E-state index < -0.39 is 17.6 Å². The lowest BCUT2D eigenvalue weighted by atomic mass is 10.1. The number of benzene rings is 1. The highest BCUT2D eigenvalue weighted by atomic mass is 32.2. The first-order chi connectivity index (χ1) is 13.5. The number of carbonyl (C=O) groups is 2. The van der Waals surface area contributed by atoms with Gasteiger partial charge in [-0.05, 0) is 24.3 Å². The van der Waals surface area contributed by atoms with Crippen LogP contribution in [0, 0.1) is 0 Å². The van der Waals surface area contributed by atoms with Crippen molar-refractivity contribution in [1.82, 2.24) is 20.5 Å². The van der Waals surface area contributed by atoms with E-state index in [1.54, 1.807) is 36.7 Å². The number of nitrogens with one attached hydrogen (secondary N) is 3. The summed E-state index contributed by atoms with van der Waals surface area (Å²) in [6.07, 6.45) is 4.53. The highest BCUT2D eigenvalue weighted by molar-refractivity contribution is 7.99. The van der Waals surface area contributed by atoms with Crippen molar-refractivity contribution < 1.29 is 18.4 Å². The quantitative estimate of drug-likeness (QED) is 0.526. The van der Waals surface area contributed by atoms with Gasteiger partial charge >= 0.3 is 0 Å². The topological polar surface area (TPSA) is 99.8 Å². The summed E-state index contributed by atoms with van der Waals surface area (Å²) in [6.45, 7) is -0.326. The van der Waals surface area contributed by atoms with Gasteiger partial charge in [0.05, 0.1) is 29.7 Å². The maximum Gasteiger partial charge on any atom is 0.288 e. The van der Waals surface area contributed by atoms with Crippen LogP contribution < -0.4 is 10.6 Å². The highest BCUT2D eigenvalue weighted by Gasteiger charge is 2.17. The second kappa shape index (κ2) is 9.09. The molecule has 0 radical (unpaired) electrons. The Morgan fingerprint density at radius 1 is 1.14 bits per heavy atom. The Morgan fingerprint density at radius 3 is 2.64 bits per heavy atom. The van der Waals surface area contributed by atoms with Gasteiger partial charge in [0.25, 0.3) is 11.7 Å². The Bertz CT molecular complexity index is 965. The lowest BCUT2D eigenvalue weighted by Crippen LogP contribution is -2.33. The van der Waals surface area contributed by atoms with Crippen molar-refractivity contribution in [3.8, 4) is 11.3 Å². The van der Waals surface area contributed by atoms with Crippen molar-refractivity contribution in [3.05, 3.63) is 60.6 Å². The van der Waals surface area contributed by atoms with Gasteiger partial charge in [0, 0.05) is 22.9 Å². The van der Waals surface area contributed by atoms with Gasteiger partial charge in [-0.15, -0.1) is 0 Å². The number of thioether (sulfide) groups is 1. The number of pyridine rings is 1. The van der Waals surface area contributed by atoms with Crippen LogP contribution in [-0.4, -0.2) is 39.3 Å². The summed E-state index contributed by atoms with van der Waals surface area (Å²) in [7, 11) is 0. The summed E-state index contributed by atoms with van der Waals surface area (Å²) in [6, 6.07) is 9.65. The molecule has 3 aromatic rings. The molecule has 10 heteroatoms. The zero-order chi connectivity index (χ0) is 19.9. The van der Waals surface area contributed by atoms with Crippen LogP contribution in [0.15, 0.2) is 59.9 Å². The molecule has 0 atom stereocenters. The minimum atomic E-state index is -2.61. The van der Waals surface area contributed by atoms with Crippen LogP contribution in [0.4, 0.5) is 14.5 Å². The third-order valence-corrected chi connectivity index (χ3v) is 4.43. The third kappa shape index (κ3) is 4.92. The molecule has 0 bridgehead atoms. The van der Waals surface area contributed by atoms with Crippen molar-refractivity contribution >= 4 is 29.3 Å². The first-order valence-corrected chi connectivity index (χ1v) is 8.98. The van der Waals surface area contributed by atoms with E-state index >= 15 is 0 Å². The van der Waals surface area contributed by atoms with E-state index in [1.165, 1.54) is 18.3 Å². The summed E-state index contributed by atoms with van der Waals surface area (Å²) in [4.78, 5) is 28.7. The SMILES string of the molecule is O=C(CNC(=O)c1cn[nH]c1-c1ccncc1)Nc1ccccc1SC(F)F. The van der Waals surface area contributed by atoms with Gasteiger partial charge in [0.15, 0.2) is 0 Å². The molecular weight excluding hydrogens is 388 g/mol. The number of aromatic amines is 1. The number of hydrogen-bond acceptors (Lipinski definition) is 5. The number of halogens is 2. The van der Waals surface area contributed by atoms with E-state index in [-0.39, 0.29) is 22.7 Å². The van der Waals surface area contributed by atoms with E-state index in [4.69, 9.17) is 0 Å². The normalized spacial score (nSPS) is 10.7. The summed E-state index contributed by atoms with van der Waals surface area (Å²) >= 11 is 0.336. The monoisotopic (exact) mass is 403 g/mol. The van der Waals surface area contributed by atoms with E-state index in [1.807, 2.05) is 0 Å². The maximum atomic E-state index is 12.6. The standard InChI is InChI=1S/C18H15F2N5O2S/c19-18(20)28-14-4-2-1-3-13(14)24-15(26)10-22-17(27)12-9-23-25-16(12)11-5-7-21-8-6-11/h1-9,18H,10H2,(H,22,27)(H,23,25)(H,24,26). The zero-order valence-electron chi connectivity index (χ0n) is 14.4. The largest absolute Gasteiger partial charge is 0.343 e. The molecule has 0 aliphatic rings. The lowest BCUT2D eigenvalue weighted by molar-refractivity contribution is -0.115. The number of H-pyrrole nitrogens is 1. The molecule has 144 valence electrons. The molecule has 2 heterocycles. The average molecular weight is 403 g/mol. The third-order valence-electron chi connectivity index (χ3n) is 3.64. The van der Waals surface area contributed by atoms with Crippen LogP contribution in [-0.2, 0) is 4.79 Å². The van der Waals surface area contributed by atoms with E-state index in [9.17, 15) is 18.4 Å². The Hall–Kier alpha value is -3.27. The molecule has 2 aromatic heterocycles. The molecule has 0 spiro atoms. The number of anilines is 1. The summed E-state index contributed by atoms with van der Waals surface area (Å²) < 4.78 is 25.2. The number of amides is 2. The molecule has 0 saturated heterocycles. The number of nitrogens with zero attached hydrogens (tertiary/aromatic N) is 2. The van der Waals surface area contributed by atoms with Crippen LogP contribution in [0.2, 0.25) is 0 Å². The molecule has 0 saturated carbocycles. The minimum absolute atomic E-state index is 0.243. The summed E-state index contributed by atoms with van der Waals surface area (Å²) in [5, 5.41) is 11.6. The number of hydrogen-bond donors (Lipinski definition) is 3. The van der Waals surface area contributed by atoms with Gasteiger partial charge in [0.2, 0.25) is 5.91 Å². The zero-order valence-corrected chi connectivity index (χ0v) is 15.2. The lowest BCUT2D eigenvalue weighted by Gasteiger charge is -2.11. The Morgan fingerprint density at radius 2 is 1.89 bits per heavy atom. The number of para-hydroxylation sites is 1. The number of rotatable bonds is 7. The fraction of sp³-hybridized carbons (Fsp3) is 0.111. The Labute approximate surface area is 162 Å². The average Bonchev–Trinajstić information content (AvgIpc) is 3.18. The predicted octanol–water partition coefficient (Wildman–Crippen LogP) is 3.15. The van der Waals surface area contributed by atoms with Crippen molar-refractivity contribution in [2.24, 2.45) is 0 Å². The van der Waals surface area contributed by atoms with Crippen LogP contribution in [0.1, 0.15) is 10.4 Å². The molecule has 0 aliphatic carbocycles. The fourth-order valence-electron chi connectivity index (χ4n) is 2.42. The van der Waals surface area contributed by atoms with Gasteiger partial charge in [-0.1, -0.05) is 23.9 Å². The Kier molecular flexibility index (Phi) is 6.33. The van der Waals surface area contributed by atoms with E-state index in [0.717, 1.165) is 5.56 Å². The van der Waals surface area contributed by atoms with Gasteiger partial charge in [0.1, 0.15) is 0 Å². The molecular formula is C18H15F2N5O2S. The maximum absolute atomic E-state index is 12.6. The van der Waals surface area contributed by atoms with Crippen molar-refractivity contribution in [2.45, 2.75) is 10.7 Å². The molecule has 3 N–H and O–H groups in total. The van der Waals surface area contributed by atoms with Gasteiger partial charge < -0.3 is 10.6 Å². The first-order valence-electron chi connectivity index (χ1n) is 8.10. The smallest absolute Gasteiger partial charge is 0.288 e. The summed E-state index contributed by atoms with van der Waals surface area (Å²) in [5.74, 6) is -3.64. The van der Waals surface area contributed by atoms with Crippen molar-refractivity contribution in [2.75, 3.05) is 11.9 Å². The summed E-state index contributed by atoms with van der Waals surface area (Å²) in [5.41, 5.74) is 1.75. The minimum Gasteiger partial charge on any atom is -0.343 e. The molecule has 3 rings (SSSR count). The number of alkyl halides is 2. The molecule has 0 aliphatic heterocycles. The van der Waals surface area contributed by atoms with Gasteiger partial charge in [-0.3, -0.25) is 19.7 Å². The van der Waals surface area contributed by atoms with Crippen LogP contribution in [0.25, 0.3) is 11.3 Å². The second-order valence-corrected chi connectivity index (χ2v) is 6.53. The molecule has 2 amide bonds. The molecule has 28 heavy (non-hydrogen) atoms. The number of carbonyl (C=O) groups excluding carboxylic acids is 2. The van der Waals surface area contributed by atoms with Crippen molar-refractivity contribution in [3.63, 3.8) is 0 Å². The predicted molar refractivity (Wildman–Crippen MR) is 101 cm³/mol. The molecule has 0 unspecified atom stereocenters. The first kappa shape index (κ1) is 19.5. The van der Waals surface area contributed by atoms with E-state index in [0.29, 0.717) is 17.5 Å². The number of aromatic nitrogens is 3. The van der Waals surface area contributed by atoms with Crippen LogP contribution >= 0.6 is 11.8 Å².